The Balaban J connectivity index is 1.81. The number of halogens is 2. The van der Waals surface area contributed by atoms with Gasteiger partial charge >= 0.3 is 11.7 Å². The standard InChI is InChI=1S/C32H34Cl2N6O6/c1-5-46-27(41)16-18-39(31-28(40(42)43)29(33)36-32(34)37-31)21(2)26-7-6-17-35-30(26)38(19-22-8-12-24(44-3)13-9-22)20-23-10-14-25(45-4)15-11-23/h6-15,17,21H,5,16,18-20H2,1-4H3. The Labute approximate surface area is 277 Å². The van der Waals surface area contributed by atoms with Crippen molar-refractivity contribution in [3.8, 4) is 11.5 Å². The number of benzene rings is 2. The zero-order valence-electron chi connectivity index (χ0n) is 25.9. The fraction of sp³-hybridized carbons (Fsp3) is 0.312. The summed E-state index contributed by atoms with van der Waals surface area (Å²) in [6, 6.07) is 18.5. The summed E-state index contributed by atoms with van der Waals surface area (Å²) in [5.41, 5.74) is 2.19. The fourth-order valence-corrected chi connectivity index (χ4v) is 5.39. The maximum atomic E-state index is 12.5. The molecule has 0 aliphatic rings. The summed E-state index contributed by atoms with van der Waals surface area (Å²) in [7, 11) is 3.23. The SMILES string of the molecule is CCOC(=O)CCN(c1nc(Cl)nc(Cl)c1[N+](=O)[O-])C(C)c1cccnc1N(Cc1ccc(OC)cc1)Cc1ccc(OC)cc1. The van der Waals surface area contributed by atoms with Crippen LogP contribution in [0.2, 0.25) is 10.4 Å². The van der Waals surface area contributed by atoms with Gasteiger partial charge < -0.3 is 24.0 Å². The minimum absolute atomic E-state index is 0.00973. The number of aromatic nitrogens is 3. The molecular weight excluding hydrogens is 635 g/mol. The van der Waals surface area contributed by atoms with Crippen LogP contribution in [0.15, 0.2) is 66.9 Å². The molecule has 0 amide bonds. The molecule has 2 heterocycles. The van der Waals surface area contributed by atoms with Gasteiger partial charge in [0, 0.05) is 31.4 Å². The van der Waals surface area contributed by atoms with Crippen LogP contribution in [0, 0.1) is 10.1 Å². The predicted octanol–water partition coefficient (Wildman–Crippen LogP) is 6.83. The second-order valence-corrected chi connectivity index (χ2v) is 10.8. The number of carbonyl (C=O) groups excluding carboxylic acids is 1. The van der Waals surface area contributed by atoms with Crippen LogP contribution in [0.1, 0.15) is 43.0 Å². The number of methoxy groups -OCH3 is 2. The van der Waals surface area contributed by atoms with Crippen molar-refractivity contribution < 1.29 is 23.9 Å². The van der Waals surface area contributed by atoms with E-state index in [-0.39, 0.29) is 30.7 Å². The number of esters is 1. The lowest BCUT2D eigenvalue weighted by Crippen LogP contribution is -2.33. The van der Waals surface area contributed by atoms with Gasteiger partial charge in [0.2, 0.25) is 16.3 Å². The van der Waals surface area contributed by atoms with Crippen molar-refractivity contribution in [2.24, 2.45) is 0 Å². The van der Waals surface area contributed by atoms with Crippen molar-refractivity contribution in [1.82, 2.24) is 15.0 Å². The maximum Gasteiger partial charge on any atom is 0.348 e. The van der Waals surface area contributed by atoms with Gasteiger partial charge in [0.05, 0.1) is 38.2 Å². The summed E-state index contributed by atoms with van der Waals surface area (Å²) < 4.78 is 15.8. The molecule has 0 saturated carbocycles. The third-order valence-electron chi connectivity index (χ3n) is 7.21. The monoisotopic (exact) mass is 668 g/mol. The van der Waals surface area contributed by atoms with Crippen LogP contribution >= 0.6 is 23.2 Å². The lowest BCUT2D eigenvalue weighted by molar-refractivity contribution is -0.384. The van der Waals surface area contributed by atoms with Gasteiger partial charge in [-0.3, -0.25) is 14.9 Å². The average molecular weight is 670 g/mol. The van der Waals surface area contributed by atoms with Gasteiger partial charge in [-0.25, -0.2) is 4.98 Å². The molecular formula is C32H34Cl2N6O6. The Morgan fingerprint density at radius 3 is 2.04 bits per heavy atom. The molecule has 1 atom stereocenters. The van der Waals surface area contributed by atoms with E-state index >= 15 is 0 Å². The van der Waals surface area contributed by atoms with Crippen molar-refractivity contribution in [3.63, 3.8) is 0 Å². The molecule has 0 N–H and O–H groups in total. The Morgan fingerprint density at radius 2 is 1.52 bits per heavy atom. The first-order chi connectivity index (χ1) is 22.1. The van der Waals surface area contributed by atoms with E-state index in [0.29, 0.717) is 24.5 Å². The summed E-state index contributed by atoms with van der Waals surface area (Å²) in [4.78, 5) is 40.5. The third kappa shape index (κ3) is 8.52. The zero-order valence-corrected chi connectivity index (χ0v) is 27.4. The van der Waals surface area contributed by atoms with E-state index in [0.717, 1.165) is 22.6 Å². The second kappa shape index (κ2) is 16.1. The molecule has 0 bridgehead atoms. The molecule has 0 spiro atoms. The van der Waals surface area contributed by atoms with E-state index in [9.17, 15) is 14.9 Å². The first-order valence-corrected chi connectivity index (χ1v) is 15.2. The molecule has 242 valence electrons. The zero-order chi connectivity index (χ0) is 33.2. The van der Waals surface area contributed by atoms with E-state index in [1.807, 2.05) is 61.5 Å². The summed E-state index contributed by atoms with van der Waals surface area (Å²) >= 11 is 12.4. The highest BCUT2D eigenvalue weighted by molar-refractivity contribution is 6.33. The number of hydrogen-bond acceptors (Lipinski definition) is 11. The normalized spacial score (nSPS) is 11.4. The highest BCUT2D eigenvalue weighted by atomic mass is 35.5. The van der Waals surface area contributed by atoms with Crippen molar-refractivity contribution in [1.29, 1.82) is 0 Å². The highest BCUT2D eigenvalue weighted by Crippen LogP contribution is 2.39. The van der Waals surface area contributed by atoms with E-state index in [1.54, 1.807) is 38.3 Å². The lowest BCUT2D eigenvalue weighted by atomic mass is 10.0. The molecule has 46 heavy (non-hydrogen) atoms. The summed E-state index contributed by atoms with van der Waals surface area (Å²) in [6.07, 6.45) is 1.61. The molecule has 14 heteroatoms. The highest BCUT2D eigenvalue weighted by Gasteiger charge is 2.32. The van der Waals surface area contributed by atoms with Gasteiger partial charge in [0.1, 0.15) is 17.3 Å². The molecule has 0 radical (unpaired) electrons. The number of nitro groups is 1. The molecule has 0 aliphatic carbocycles. The minimum Gasteiger partial charge on any atom is -0.497 e. The number of nitrogens with zero attached hydrogens (tertiary/aromatic N) is 6. The number of hydrogen-bond donors (Lipinski definition) is 0. The first-order valence-electron chi connectivity index (χ1n) is 14.4. The van der Waals surface area contributed by atoms with E-state index in [4.69, 9.17) is 42.4 Å². The van der Waals surface area contributed by atoms with E-state index in [1.165, 1.54) is 0 Å². The quantitative estimate of drug-likeness (QED) is 0.0434. The predicted molar refractivity (Wildman–Crippen MR) is 176 cm³/mol. The van der Waals surface area contributed by atoms with Crippen LogP contribution in [0.4, 0.5) is 17.3 Å². The Bertz CT molecular complexity index is 1590. The van der Waals surface area contributed by atoms with Gasteiger partial charge in [0.15, 0.2) is 0 Å². The molecule has 0 aliphatic heterocycles. The lowest BCUT2D eigenvalue weighted by Gasteiger charge is -2.33. The Hall–Kier alpha value is -4.68. The molecule has 1 unspecified atom stereocenters. The van der Waals surface area contributed by atoms with Crippen LogP contribution in [0.5, 0.6) is 11.5 Å². The van der Waals surface area contributed by atoms with E-state index in [2.05, 4.69) is 14.9 Å². The average Bonchev–Trinajstić information content (AvgIpc) is 3.04. The van der Waals surface area contributed by atoms with Crippen LogP contribution < -0.4 is 19.3 Å². The number of anilines is 2. The van der Waals surface area contributed by atoms with Gasteiger partial charge in [-0.1, -0.05) is 41.9 Å². The number of ether oxygens (including phenoxy) is 3. The molecule has 12 nitrogen and oxygen atoms in total. The van der Waals surface area contributed by atoms with Gasteiger partial charge in [0.25, 0.3) is 0 Å². The summed E-state index contributed by atoms with van der Waals surface area (Å²) in [6.45, 7) is 4.70. The second-order valence-electron chi connectivity index (χ2n) is 10.1. The molecule has 0 fully saturated rings. The molecule has 4 aromatic rings. The molecule has 2 aromatic carbocycles. The van der Waals surface area contributed by atoms with Crippen LogP contribution in [-0.4, -0.2) is 53.2 Å². The van der Waals surface area contributed by atoms with Crippen LogP contribution in [0.25, 0.3) is 0 Å². The van der Waals surface area contributed by atoms with Gasteiger partial charge in [-0.2, -0.15) is 9.97 Å². The topological polar surface area (TPSA) is 133 Å². The van der Waals surface area contributed by atoms with Gasteiger partial charge in [-0.05, 0) is 66.9 Å². The van der Waals surface area contributed by atoms with Crippen molar-refractivity contribution in [2.45, 2.75) is 39.4 Å². The van der Waals surface area contributed by atoms with Crippen molar-refractivity contribution in [3.05, 3.63) is 104 Å². The molecule has 2 aromatic heterocycles. The summed E-state index contributed by atoms with van der Waals surface area (Å²) in [5, 5.41) is 11.5. The minimum atomic E-state index is -0.665. The number of rotatable bonds is 15. The van der Waals surface area contributed by atoms with Crippen LogP contribution in [-0.2, 0) is 22.6 Å². The van der Waals surface area contributed by atoms with Crippen molar-refractivity contribution in [2.75, 3.05) is 37.2 Å². The Morgan fingerprint density at radius 1 is 0.935 bits per heavy atom. The maximum absolute atomic E-state index is 12.5. The van der Waals surface area contributed by atoms with Crippen molar-refractivity contribution >= 4 is 46.5 Å². The summed E-state index contributed by atoms with van der Waals surface area (Å²) in [5.74, 6) is 1.49. The Kier molecular flexibility index (Phi) is 11.9. The molecule has 4 rings (SSSR count). The largest absolute Gasteiger partial charge is 0.497 e. The smallest absolute Gasteiger partial charge is 0.348 e. The number of carbonyl (C=O) groups is 1. The third-order valence-corrected chi connectivity index (χ3v) is 7.64. The van der Waals surface area contributed by atoms with E-state index < -0.39 is 27.8 Å². The molecule has 0 saturated heterocycles. The first kappa shape index (κ1) is 34.2. The van der Waals surface area contributed by atoms with Gasteiger partial charge in [-0.15, -0.1) is 0 Å². The van der Waals surface area contributed by atoms with Crippen LogP contribution in [0.3, 0.4) is 0 Å². The fourth-order valence-electron chi connectivity index (χ4n) is 4.95. The number of pyridine rings is 1.